The molecule has 19 heavy (non-hydrogen) atoms. The average molecular weight is 272 g/mol. The maximum absolute atomic E-state index is 11.0. The number of carbonyl (C=O) groups is 1. The van der Waals surface area contributed by atoms with Crippen LogP contribution in [0.1, 0.15) is 22.8 Å². The number of carboxylic acid groups (broad SMARTS) is 1. The Hall–Kier alpha value is -1.74. The second-order valence-electron chi connectivity index (χ2n) is 4.29. The summed E-state index contributed by atoms with van der Waals surface area (Å²) in [7, 11) is 0. The fraction of sp³-hybridized carbons (Fsp3) is 0.188. The topological polar surface area (TPSA) is 37.3 Å². The monoisotopic (exact) mass is 272 g/mol. The number of benzene rings is 2. The van der Waals surface area contributed by atoms with Crippen molar-refractivity contribution < 1.29 is 9.90 Å². The van der Waals surface area contributed by atoms with E-state index in [1.54, 1.807) is 11.8 Å². The zero-order valence-electron chi connectivity index (χ0n) is 10.5. The van der Waals surface area contributed by atoms with Gasteiger partial charge in [-0.05, 0) is 11.1 Å². The number of aliphatic carboxylic acids is 1. The van der Waals surface area contributed by atoms with Gasteiger partial charge in [0.25, 0.3) is 0 Å². The molecule has 0 saturated heterocycles. The SMILES string of the molecule is O=C(O)C[C@@H](SCc1ccccc1)c1ccccc1. The molecule has 0 aliphatic heterocycles. The molecule has 0 bridgehead atoms. The summed E-state index contributed by atoms with van der Waals surface area (Å²) in [6, 6.07) is 20.0. The van der Waals surface area contributed by atoms with Crippen LogP contribution in [0.5, 0.6) is 0 Å². The molecule has 0 aliphatic carbocycles. The fourth-order valence-electron chi connectivity index (χ4n) is 1.87. The Morgan fingerprint density at radius 2 is 1.58 bits per heavy atom. The summed E-state index contributed by atoms with van der Waals surface area (Å²) in [5.41, 5.74) is 2.30. The Bertz CT molecular complexity index is 511. The molecule has 2 nitrogen and oxygen atoms in total. The van der Waals surface area contributed by atoms with E-state index in [1.165, 1.54) is 5.56 Å². The average Bonchev–Trinajstić information content (AvgIpc) is 2.45. The number of hydrogen-bond acceptors (Lipinski definition) is 2. The van der Waals surface area contributed by atoms with Gasteiger partial charge < -0.3 is 5.11 Å². The van der Waals surface area contributed by atoms with E-state index in [2.05, 4.69) is 12.1 Å². The van der Waals surface area contributed by atoms with Crippen molar-refractivity contribution in [3.05, 3.63) is 71.8 Å². The van der Waals surface area contributed by atoms with Crippen LogP contribution >= 0.6 is 11.8 Å². The third-order valence-corrected chi connectivity index (χ3v) is 4.17. The van der Waals surface area contributed by atoms with Gasteiger partial charge in [-0.1, -0.05) is 60.7 Å². The molecule has 0 unspecified atom stereocenters. The highest BCUT2D eigenvalue weighted by Crippen LogP contribution is 2.34. The van der Waals surface area contributed by atoms with Crippen molar-refractivity contribution in [2.75, 3.05) is 0 Å². The largest absolute Gasteiger partial charge is 0.481 e. The first-order chi connectivity index (χ1) is 9.25. The van der Waals surface area contributed by atoms with Crippen LogP contribution in [0.4, 0.5) is 0 Å². The van der Waals surface area contributed by atoms with Crippen LogP contribution in [-0.2, 0) is 10.5 Å². The lowest BCUT2D eigenvalue weighted by Crippen LogP contribution is -2.03. The Balaban J connectivity index is 2.04. The molecule has 3 heteroatoms. The third-order valence-electron chi connectivity index (χ3n) is 2.83. The minimum absolute atomic E-state index is 0.00101. The highest BCUT2D eigenvalue weighted by atomic mass is 32.2. The van der Waals surface area contributed by atoms with E-state index in [0.29, 0.717) is 0 Å². The van der Waals surface area contributed by atoms with E-state index in [1.807, 2.05) is 48.5 Å². The van der Waals surface area contributed by atoms with Gasteiger partial charge in [0.2, 0.25) is 0 Å². The third kappa shape index (κ3) is 4.45. The lowest BCUT2D eigenvalue weighted by atomic mass is 10.1. The van der Waals surface area contributed by atoms with Crippen molar-refractivity contribution in [2.24, 2.45) is 0 Å². The molecule has 0 radical (unpaired) electrons. The maximum Gasteiger partial charge on any atom is 0.304 e. The van der Waals surface area contributed by atoms with E-state index >= 15 is 0 Å². The van der Waals surface area contributed by atoms with Gasteiger partial charge in [0.05, 0.1) is 6.42 Å². The number of thioether (sulfide) groups is 1. The molecule has 0 amide bonds. The molecule has 2 rings (SSSR count). The van der Waals surface area contributed by atoms with Gasteiger partial charge >= 0.3 is 5.97 Å². The predicted molar refractivity (Wildman–Crippen MR) is 79.2 cm³/mol. The Morgan fingerprint density at radius 1 is 1.00 bits per heavy atom. The Morgan fingerprint density at radius 3 is 2.16 bits per heavy atom. The minimum atomic E-state index is -0.755. The van der Waals surface area contributed by atoms with Gasteiger partial charge in [0, 0.05) is 11.0 Å². The van der Waals surface area contributed by atoms with Crippen molar-refractivity contribution in [3.8, 4) is 0 Å². The molecular formula is C16H16O2S. The molecule has 1 N–H and O–H groups in total. The summed E-state index contributed by atoms with van der Waals surface area (Å²) < 4.78 is 0. The van der Waals surface area contributed by atoms with E-state index in [-0.39, 0.29) is 11.7 Å². The molecule has 0 fully saturated rings. The second-order valence-corrected chi connectivity index (χ2v) is 5.48. The molecule has 98 valence electrons. The summed E-state index contributed by atoms with van der Waals surface area (Å²) in [6.45, 7) is 0. The maximum atomic E-state index is 11.0. The summed E-state index contributed by atoms with van der Waals surface area (Å²) in [4.78, 5) is 11.0. The van der Waals surface area contributed by atoms with E-state index in [9.17, 15) is 4.79 Å². The van der Waals surface area contributed by atoms with Gasteiger partial charge in [-0.15, -0.1) is 11.8 Å². The van der Waals surface area contributed by atoms with Crippen LogP contribution in [0.25, 0.3) is 0 Å². The number of hydrogen-bond donors (Lipinski definition) is 1. The van der Waals surface area contributed by atoms with Crippen LogP contribution in [0.15, 0.2) is 60.7 Å². The molecule has 0 aromatic heterocycles. The second kappa shape index (κ2) is 7.00. The summed E-state index contributed by atoms with van der Waals surface area (Å²) in [5, 5.41) is 9.03. The molecule has 0 heterocycles. The van der Waals surface area contributed by atoms with Crippen molar-refractivity contribution in [1.29, 1.82) is 0 Å². The van der Waals surface area contributed by atoms with E-state index < -0.39 is 5.97 Å². The summed E-state index contributed by atoms with van der Waals surface area (Å²) in [6.07, 6.45) is 0.154. The first kappa shape index (κ1) is 13.7. The van der Waals surface area contributed by atoms with Gasteiger partial charge in [-0.2, -0.15) is 0 Å². The Labute approximate surface area is 117 Å². The normalized spacial score (nSPS) is 12.0. The Kier molecular flexibility index (Phi) is 5.04. The molecule has 2 aromatic carbocycles. The lowest BCUT2D eigenvalue weighted by Gasteiger charge is -2.15. The molecule has 0 spiro atoms. The van der Waals surface area contributed by atoms with Gasteiger partial charge in [-0.3, -0.25) is 4.79 Å². The molecule has 1 atom stereocenters. The van der Waals surface area contributed by atoms with Crippen LogP contribution < -0.4 is 0 Å². The zero-order valence-corrected chi connectivity index (χ0v) is 11.3. The minimum Gasteiger partial charge on any atom is -0.481 e. The van der Waals surface area contributed by atoms with Crippen LogP contribution in [0.2, 0.25) is 0 Å². The quantitative estimate of drug-likeness (QED) is 0.859. The van der Waals surface area contributed by atoms with Gasteiger partial charge in [-0.25, -0.2) is 0 Å². The van der Waals surface area contributed by atoms with E-state index in [0.717, 1.165) is 11.3 Å². The highest BCUT2D eigenvalue weighted by molar-refractivity contribution is 7.98. The standard InChI is InChI=1S/C16H16O2S/c17-16(18)11-15(14-9-5-2-6-10-14)19-12-13-7-3-1-4-8-13/h1-10,15H,11-12H2,(H,17,18)/t15-/m1/s1. The number of rotatable bonds is 6. The highest BCUT2D eigenvalue weighted by Gasteiger charge is 2.15. The van der Waals surface area contributed by atoms with Gasteiger partial charge in [0.1, 0.15) is 0 Å². The van der Waals surface area contributed by atoms with Crippen molar-refractivity contribution >= 4 is 17.7 Å². The van der Waals surface area contributed by atoms with Crippen molar-refractivity contribution in [3.63, 3.8) is 0 Å². The summed E-state index contributed by atoms with van der Waals surface area (Å²) >= 11 is 1.68. The first-order valence-electron chi connectivity index (χ1n) is 6.18. The van der Waals surface area contributed by atoms with Gasteiger partial charge in [0.15, 0.2) is 0 Å². The predicted octanol–water partition coefficient (Wildman–Crippen LogP) is 4.14. The van der Waals surface area contributed by atoms with E-state index in [4.69, 9.17) is 5.11 Å². The molecule has 0 saturated carbocycles. The number of carboxylic acids is 1. The smallest absolute Gasteiger partial charge is 0.304 e. The zero-order chi connectivity index (χ0) is 13.5. The molecule has 0 aliphatic rings. The summed E-state index contributed by atoms with van der Waals surface area (Å²) in [5.74, 6) is 0.0719. The van der Waals surface area contributed by atoms with Crippen LogP contribution in [0, 0.1) is 0 Å². The van der Waals surface area contributed by atoms with Crippen LogP contribution in [0.3, 0.4) is 0 Å². The molecule has 2 aromatic rings. The molecular weight excluding hydrogens is 256 g/mol. The lowest BCUT2D eigenvalue weighted by molar-refractivity contribution is -0.137. The van der Waals surface area contributed by atoms with Crippen molar-refractivity contribution in [1.82, 2.24) is 0 Å². The van der Waals surface area contributed by atoms with Crippen LogP contribution in [-0.4, -0.2) is 11.1 Å². The first-order valence-corrected chi connectivity index (χ1v) is 7.23. The fourth-order valence-corrected chi connectivity index (χ4v) is 3.07. The van der Waals surface area contributed by atoms with Crippen molar-refractivity contribution in [2.45, 2.75) is 17.4 Å².